The van der Waals surface area contributed by atoms with Crippen LogP contribution in [0, 0.1) is 0 Å². The zero-order valence-corrected chi connectivity index (χ0v) is 13.6. The largest absolute Gasteiger partial charge is 0.339 e. The molecule has 4 heteroatoms. The fourth-order valence-electron chi connectivity index (χ4n) is 3.09. The van der Waals surface area contributed by atoms with Gasteiger partial charge in [0.2, 0.25) is 5.91 Å². The lowest BCUT2D eigenvalue weighted by Gasteiger charge is -2.39. The molecule has 0 aliphatic carbocycles. The summed E-state index contributed by atoms with van der Waals surface area (Å²) < 4.78 is 0. The molecule has 4 nitrogen and oxygen atoms in total. The van der Waals surface area contributed by atoms with Gasteiger partial charge in [-0.05, 0) is 30.7 Å². The van der Waals surface area contributed by atoms with Crippen molar-refractivity contribution in [3.63, 3.8) is 0 Å². The molecule has 0 radical (unpaired) electrons. The van der Waals surface area contributed by atoms with E-state index in [-0.39, 0.29) is 11.9 Å². The molecule has 2 aromatic rings. The maximum absolute atomic E-state index is 12.5. The highest BCUT2D eigenvalue weighted by molar-refractivity contribution is 5.76. The first kappa shape index (κ1) is 15.7. The number of pyridine rings is 1. The number of aromatic nitrogens is 1. The Morgan fingerprint density at radius 2 is 2.00 bits per heavy atom. The van der Waals surface area contributed by atoms with Crippen molar-refractivity contribution in [2.45, 2.75) is 18.9 Å². The van der Waals surface area contributed by atoms with Crippen LogP contribution >= 0.6 is 0 Å². The monoisotopic (exact) mass is 309 g/mol. The SMILES string of the molecule is CN1CCN(C(=O)CCc2cccnc2)CC1c1ccccc1. The Morgan fingerprint density at radius 3 is 2.74 bits per heavy atom. The molecule has 1 amide bonds. The number of hydrogen-bond donors (Lipinski definition) is 0. The van der Waals surface area contributed by atoms with E-state index >= 15 is 0 Å². The molecule has 1 saturated heterocycles. The smallest absolute Gasteiger partial charge is 0.223 e. The van der Waals surface area contributed by atoms with Gasteiger partial charge in [-0.2, -0.15) is 0 Å². The third-order valence-corrected chi connectivity index (χ3v) is 4.54. The van der Waals surface area contributed by atoms with Crippen LogP contribution in [0.2, 0.25) is 0 Å². The minimum Gasteiger partial charge on any atom is -0.339 e. The van der Waals surface area contributed by atoms with Crippen LogP contribution in [-0.4, -0.2) is 47.4 Å². The molecule has 0 bridgehead atoms. The van der Waals surface area contributed by atoms with Gasteiger partial charge in [0.15, 0.2) is 0 Å². The van der Waals surface area contributed by atoms with E-state index in [4.69, 9.17) is 0 Å². The number of piperazine rings is 1. The summed E-state index contributed by atoms with van der Waals surface area (Å²) in [6.07, 6.45) is 4.91. The van der Waals surface area contributed by atoms with Gasteiger partial charge in [0.1, 0.15) is 0 Å². The lowest BCUT2D eigenvalue weighted by atomic mass is 10.0. The molecule has 1 aliphatic rings. The van der Waals surface area contributed by atoms with Crippen molar-refractivity contribution < 1.29 is 4.79 Å². The van der Waals surface area contributed by atoms with Crippen molar-refractivity contribution in [2.24, 2.45) is 0 Å². The fourth-order valence-corrected chi connectivity index (χ4v) is 3.09. The van der Waals surface area contributed by atoms with Gasteiger partial charge < -0.3 is 4.90 Å². The van der Waals surface area contributed by atoms with Crippen molar-refractivity contribution in [3.05, 3.63) is 66.0 Å². The number of hydrogen-bond acceptors (Lipinski definition) is 3. The number of benzene rings is 1. The number of likely N-dealkylation sites (N-methyl/N-ethyl adjacent to an activating group) is 1. The first-order chi connectivity index (χ1) is 11.2. The summed E-state index contributed by atoms with van der Waals surface area (Å²) in [4.78, 5) is 21.0. The lowest BCUT2D eigenvalue weighted by Crippen LogP contribution is -2.49. The number of aryl methyl sites for hydroxylation is 1. The van der Waals surface area contributed by atoms with E-state index in [2.05, 4.69) is 41.2 Å². The summed E-state index contributed by atoms with van der Waals surface area (Å²) in [5.41, 5.74) is 2.40. The average molecular weight is 309 g/mol. The van der Waals surface area contributed by atoms with Gasteiger partial charge in [-0.25, -0.2) is 0 Å². The Labute approximate surface area is 137 Å². The van der Waals surface area contributed by atoms with E-state index < -0.39 is 0 Å². The molecule has 2 heterocycles. The molecule has 1 aromatic carbocycles. The summed E-state index contributed by atoms with van der Waals surface area (Å²) in [7, 11) is 2.13. The first-order valence-corrected chi connectivity index (χ1v) is 8.16. The quantitative estimate of drug-likeness (QED) is 0.871. The second-order valence-electron chi connectivity index (χ2n) is 6.11. The molecule has 1 fully saturated rings. The maximum Gasteiger partial charge on any atom is 0.223 e. The van der Waals surface area contributed by atoms with E-state index in [1.807, 2.05) is 29.3 Å². The maximum atomic E-state index is 12.5. The highest BCUT2D eigenvalue weighted by atomic mass is 16.2. The number of amides is 1. The molecule has 1 aliphatic heterocycles. The molecule has 0 spiro atoms. The third-order valence-electron chi connectivity index (χ3n) is 4.54. The summed E-state index contributed by atoms with van der Waals surface area (Å²) in [5.74, 6) is 0.239. The average Bonchev–Trinajstić information content (AvgIpc) is 2.62. The van der Waals surface area contributed by atoms with E-state index in [0.717, 1.165) is 31.6 Å². The minimum absolute atomic E-state index is 0.239. The first-order valence-electron chi connectivity index (χ1n) is 8.16. The van der Waals surface area contributed by atoms with Crippen molar-refractivity contribution >= 4 is 5.91 Å². The Bertz CT molecular complexity index is 630. The van der Waals surface area contributed by atoms with Crippen LogP contribution in [0.4, 0.5) is 0 Å². The van der Waals surface area contributed by atoms with Crippen LogP contribution in [0.25, 0.3) is 0 Å². The number of rotatable bonds is 4. The van der Waals surface area contributed by atoms with E-state index in [1.54, 1.807) is 6.20 Å². The van der Waals surface area contributed by atoms with Crippen LogP contribution in [0.15, 0.2) is 54.9 Å². The van der Waals surface area contributed by atoms with Crippen molar-refractivity contribution in [1.29, 1.82) is 0 Å². The highest BCUT2D eigenvalue weighted by Crippen LogP contribution is 2.24. The number of carbonyl (C=O) groups excluding carboxylic acids is 1. The van der Waals surface area contributed by atoms with Gasteiger partial charge in [0, 0.05) is 38.4 Å². The molecule has 1 unspecified atom stereocenters. The molecule has 0 N–H and O–H groups in total. The van der Waals surface area contributed by atoms with Crippen LogP contribution in [0.1, 0.15) is 23.6 Å². The molecule has 23 heavy (non-hydrogen) atoms. The summed E-state index contributed by atoms with van der Waals surface area (Å²) in [6.45, 7) is 2.50. The topological polar surface area (TPSA) is 36.4 Å². The second-order valence-corrected chi connectivity index (χ2v) is 6.11. The molecular weight excluding hydrogens is 286 g/mol. The molecule has 1 aromatic heterocycles. The lowest BCUT2D eigenvalue weighted by molar-refractivity contribution is -0.134. The third kappa shape index (κ3) is 3.96. The zero-order valence-electron chi connectivity index (χ0n) is 13.6. The number of nitrogens with zero attached hydrogens (tertiary/aromatic N) is 3. The van der Waals surface area contributed by atoms with E-state index in [9.17, 15) is 4.79 Å². The molecule has 120 valence electrons. The molecular formula is C19H23N3O. The van der Waals surface area contributed by atoms with Crippen LogP contribution in [-0.2, 0) is 11.2 Å². The van der Waals surface area contributed by atoms with Gasteiger partial charge in [-0.1, -0.05) is 36.4 Å². The van der Waals surface area contributed by atoms with Crippen molar-refractivity contribution in [3.8, 4) is 0 Å². The highest BCUT2D eigenvalue weighted by Gasteiger charge is 2.27. The molecule has 3 rings (SSSR count). The van der Waals surface area contributed by atoms with Crippen LogP contribution in [0.3, 0.4) is 0 Å². The van der Waals surface area contributed by atoms with Crippen molar-refractivity contribution in [1.82, 2.24) is 14.8 Å². The van der Waals surface area contributed by atoms with Crippen molar-refractivity contribution in [2.75, 3.05) is 26.7 Å². The van der Waals surface area contributed by atoms with Gasteiger partial charge >= 0.3 is 0 Å². The van der Waals surface area contributed by atoms with Gasteiger partial charge in [0.25, 0.3) is 0 Å². The fraction of sp³-hybridized carbons (Fsp3) is 0.368. The predicted octanol–water partition coefficient (Wildman–Crippen LogP) is 2.53. The normalized spacial score (nSPS) is 18.8. The summed E-state index contributed by atoms with van der Waals surface area (Å²) in [5, 5.41) is 0. The second kappa shape index (κ2) is 7.38. The zero-order chi connectivity index (χ0) is 16.1. The van der Waals surface area contributed by atoms with Crippen LogP contribution in [0.5, 0.6) is 0 Å². The Morgan fingerprint density at radius 1 is 1.17 bits per heavy atom. The van der Waals surface area contributed by atoms with Gasteiger partial charge in [0.05, 0.1) is 6.04 Å². The Kier molecular flexibility index (Phi) is 5.03. The number of carbonyl (C=O) groups is 1. The minimum atomic E-state index is 0.239. The Hall–Kier alpha value is -2.20. The molecule has 0 saturated carbocycles. The Balaban J connectivity index is 1.60. The summed E-state index contributed by atoms with van der Waals surface area (Å²) in [6, 6.07) is 14.7. The molecule has 1 atom stereocenters. The van der Waals surface area contributed by atoms with Gasteiger partial charge in [-0.3, -0.25) is 14.7 Å². The van der Waals surface area contributed by atoms with E-state index in [0.29, 0.717) is 6.42 Å². The van der Waals surface area contributed by atoms with Gasteiger partial charge in [-0.15, -0.1) is 0 Å². The summed E-state index contributed by atoms with van der Waals surface area (Å²) >= 11 is 0. The van der Waals surface area contributed by atoms with Crippen LogP contribution < -0.4 is 0 Å². The predicted molar refractivity (Wildman–Crippen MR) is 91.0 cm³/mol. The van der Waals surface area contributed by atoms with E-state index in [1.165, 1.54) is 5.56 Å². The standard InChI is InChI=1S/C19H23N3O/c1-21-12-13-22(15-18(21)17-7-3-2-4-8-17)19(23)10-9-16-6-5-11-20-14-16/h2-8,11,14,18H,9-10,12-13,15H2,1H3.